The van der Waals surface area contributed by atoms with Crippen molar-refractivity contribution in [3.05, 3.63) is 64.5 Å². The Labute approximate surface area is 127 Å². The van der Waals surface area contributed by atoms with E-state index in [0.29, 0.717) is 15.4 Å². The predicted octanol–water partition coefficient (Wildman–Crippen LogP) is 3.61. The van der Waals surface area contributed by atoms with Crippen LogP contribution in [0.5, 0.6) is 0 Å². The van der Waals surface area contributed by atoms with E-state index in [2.05, 4.69) is 21.0 Å². The van der Waals surface area contributed by atoms with Crippen LogP contribution in [0.15, 0.2) is 53.1 Å². The smallest absolute Gasteiger partial charge is 0.333 e. The van der Waals surface area contributed by atoms with Gasteiger partial charge in [0, 0.05) is 11.6 Å². The number of fused-ring (bicyclic) bond motifs is 1. The fourth-order valence-corrected chi connectivity index (χ4v) is 2.54. The maximum Gasteiger partial charge on any atom is 0.333 e. The summed E-state index contributed by atoms with van der Waals surface area (Å²) in [6.45, 7) is 0. The molecule has 0 spiro atoms. The largest absolute Gasteiger partial charge is 0.479 e. The highest BCUT2D eigenvalue weighted by molar-refractivity contribution is 9.10. The van der Waals surface area contributed by atoms with E-state index in [4.69, 9.17) is 0 Å². The van der Waals surface area contributed by atoms with Gasteiger partial charge in [-0.2, -0.15) is 5.10 Å². The monoisotopic (exact) mass is 348 g/mol. The number of hydrogen-bond acceptors (Lipinski definition) is 2. The summed E-state index contributed by atoms with van der Waals surface area (Å²) in [6.07, 6.45) is 1.54. The van der Waals surface area contributed by atoms with E-state index in [1.807, 2.05) is 0 Å². The Hall–Kier alpha value is -2.21. The van der Waals surface area contributed by atoms with Crippen LogP contribution in [0.1, 0.15) is 11.6 Å². The third kappa shape index (κ3) is 2.42. The third-order valence-corrected chi connectivity index (χ3v) is 3.81. The van der Waals surface area contributed by atoms with Crippen LogP contribution >= 0.6 is 15.9 Å². The average molecular weight is 349 g/mol. The Morgan fingerprint density at radius 1 is 1.24 bits per heavy atom. The minimum atomic E-state index is -1.05. The summed E-state index contributed by atoms with van der Waals surface area (Å²) >= 11 is 3.10. The summed E-state index contributed by atoms with van der Waals surface area (Å²) in [5.41, 5.74) is 0.726. The first kappa shape index (κ1) is 13.8. The van der Waals surface area contributed by atoms with Crippen molar-refractivity contribution in [2.24, 2.45) is 0 Å². The molecule has 3 aromatic rings. The lowest BCUT2D eigenvalue weighted by molar-refractivity contribution is -0.139. The zero-order chi connectivity index (χ0) is 15.0. The van der Waals surface area contributed by atoms with Gasteiger partial charge in [0.1, 0.15) is 5.52 Å². The van der Waals surface area contributed by atoms with Crippen molar-refractivity contribution in [2.45, 2.75) is 6.04 Å². The fraction of sp³-hybridized carbons (Fsp3) is 0.0667. The van der Waals surface area contributed by atoms with Crippen LogP contribution in [-0.4, -0.2) is 20.9 Å². The van der Waals surface area contributed by atoms with Gasteiger partial charge in [-0.15, -0.1) is 0 Å². The molecular weight excluding hydrogens is 339 g/mol. The van der Waals surface area contributed by atoms with Gasteiger partial charge in [0.05, 0.1) is 4.47 Å². The molecule has 0 aliphatic rings. The summed E-state index contributed by atoms with van der Waals surface area (Å²) in [5.74, 6) is -1.54. The minimum absolute atomic E-state index is 0.145. The van der Waals surface area contributed by atoms with Crippen LogP contribution in [-0.2, 0) is 4.79 Å². The molecule has 2 aromatic carbocycles. The van der Waals surface area contributed by atoms with Crippen LogP contribution in [0.3, 0.4) is 0 Å². The topological polar surface area (TPSA) is 55.1 Å². The maximum absolute atomic E-state index is 14.0. The number of nitrogens with zero attached hydrogens (tertiary/aromatic N) is 2. The van der Waals surface area contributed by atoms with Crippen LogP contribution < -0.4 is 0 Å². The molecule has 0 aliphatic heterocycles. The van der Waals surface area contributed by atoms with Crippen molar-refractivity contribution in [3.8, 4) is 0 Å². The Morgan fingerprint density at radius 3 is 2.62 bits per heavy atom. The fourth-order valence-electron chi connectivity index (χ4n) is 2.22. The van der Waals surface area contributed by atoms with E-state index in [1.54, 1.807) is 42.5 Å². The van der Waals surface area contributed by atoms with Gasteiger partial charge in [0.2, 0.25) is 0 Å². The van der Waals surface area contributed by atoms with Crippen LogP contribution in [0, 0.1) is 5.82 Å². The SMILES string of the molecule is O=C(O)[C@@H](c1ccccc1)n1cc2ccc(Br)c(F)c2n1. The van der Waals surface area contributed by atoms with Gasteiger partial charge in [-0.3, -0.25) is 4.68 Å². The molecule has 0 unspecified atom stereocenters. The van der Waals surface area contributed by atoms with E-state index in [0.717, 1.165) is 0 Å². The van der Waals surface area contributed by atoms with Gasteiger partial charge in [-0.25, -0.2) is 9.18 Å². The molecule has 4 nitrogen and oxygen atoms in total. The number of halogens is 2. The lowest BCUT2D eigenvalue weighted by atomic mass is 10.1. The van der Waals surface area contributed by atoms with Gasteiger partial charge in [-0.1, -0.05) is 30.3 Å². The Balaban J connectivity index is 2.17. The highest BCUT2D eigenvalue weighted by Gasteiger charge is 2.23. The van der Waals surface area contributed by atoms with Crippen molar-refractivity contribution >= 4 is 32.8 Å². The molecule has 6 heteroatoms. The molecule has 1 atom stereocenters. The quantitative estimate of drug-likeness (QED) is 0.786. The summed E-state index contributed by atoms with van der Waals surface area (Å²) in [5, 5.41) is 14.1. The highest BCUT2D eigenvalue weighted by Crippen LogP contribution is 2.26. The number of benzene rings is 2. The number of carbonyl (C=O) groups is 1. The molecule has 0 saturated heterocycles. The van der Waals surface area contributed by atoms with Crippen molar-refractivity contribution in [1.29, 1.82) is 0 Å². The van der Waals surface area contributed by atoms with E-state index < -0.39 is 17.8 Å². The van der Waals surface area contributed by atoms with Crippen LogP contribution in [0.2, 0.25) is 0 Å². The molecule has 0 saturated carbocycles. The van der Waals surface area contributed by atoms with E-state index in [9.17, 15) is 14.3 Å². The lowest BCUT2D eigenvalue weighted by Gasteiger charge is -2.12. The van der Waals surface area contributed by atoms with E-state index in [-0.39, 0.29) is 5.52 Å². The second-order valence-corrected chi connectivity index (χ2v) is 5.41. The van der Waals surface area contributed by atoms with Crippen LogP contribution in [0.25, 0.3) is 10.9 Å². The van der Waals surface area contributed by atoms with Gasteiger partial charge in [-0.05, 0) is 33.6 Å². The van der Waals surface area contributed by atoms with Crippen molar-refractivity contribution in [1.82, 2.24) is 9.78 Å². The molecule has 3 rings (SSSR count). The first-order valence-electron chi connectivity index (χ1n) is 6.18. The second kappa shape index (κ2) is 5.29. The first-order chi connectivity index (χ1) is 10.1. The number of aromatic nitrogens is 2. The number of carboxylic acids is 1. The standard InChI is InChI=1S/C15H10BrFN2O2/c16-11-7-6-10-8-19(18-13(10)12(11)17)14(15(20)21)9-4-2-1-3-5-9/h1-8,14H,(H,20,21)/t14-/m1/s1. The molecule has 0 amide bonds. The number of rotatable bonds is 3. The molecule has 1 aromatic heterocycles. The zero-order valence-electron chi connectivity index (χ0n) is 10.7. The molecular formula is C15H10BrFN2O2. The van der Waals surface area contributed by atoms with E-state index >= 15 is 0 Å². The molecule has 0 fully saturated rings. The van der Waals surface area contributed by atoms with Crippen molar-refractivity contribution in [3.63, 3.8) is 0 Å². The predicted molar refractivity (Wildman–Crippen MR) is 79.6 cm³/mol. The Morgan fingerprint density at radius 2 is 1.95 bits per heavy atom. The molecule has 1 heterocycles. The van der Waals surface area contributed by atoms with Crippen molar-refractivity contribution < 1.29 is 14.3 Å². The second-order valence-electron chi connectivity index (χ2n) is 4.56. The summed E-state index contributed by atoms with van der Waals surface area (Å²) in [4.78, 5) is 11.6. The van der Waals surface area contributed by atoms with E-state index in [1.165, 1.54) is 10.9 Å². The zero-order valence-corrected chi connectivity index (χ0v) is 12.3. The van der Waals surface area contributed by atoms with Crippen molar-refractivity contribution in [2.75, 3.05) is 0 Å². The molecule has 21 heavy (non-hydrogen) atoms. The van der Waals surface area contributed by atoms with Gasteiger partial charge in [0.25, 0.3) is 0 Å². The molecule has 0 bridgehead atoms. The third-order valence-electron chi connectivity index (χ3n) is 3.20. The Bertz CT molecular complexity index is 817. The number of aliphatic carboxylic acids is 1. The molecule has 0 aliphatic carbocycles. The lowest BCUT2D eigenvalue weighted by Crippen LogP contribution is -2.20. The highest BCUT2D eigenvalue weighted by atomic mass is 79.9. The maximum atomic E-state index is 14.0. The normalized spacial score (nSPS) is 12.5. The number of carboxylic acid groups (broad SMARTS) is 1. The molecule has 0 radical (unpaired) electrons. The minimum Gasteiger partial charge on any atom is -0.479 e. The summed E-state index contributed by atoms with van der Waals surface area (Å²) in [6, 6.07) is 11.0. The van der Waals surface area contributed by atoms with Gasteiger partial charge < -0.3 is 5.11 Å². The summed E-state index contributed by atoms with van der Waals surface area (Å²) < 4.78 is 15.6. The average Bonchev–Trinajstić information content (AvgIpc) is 2.88. The van der Waals surface area contributed by atoms with Gasteiger partial charge in [0.15, 0.2) is 11.9 Å². The Kier molecular flexibility index (Phi) is 3.47. The first-order valence-corrected chi connectivity index (χ1v) is 6.98. The molecule has 1 N–H and O–H groups in total. The van der Waals surface area contributed by atoms with Crippen LogP contribution in [0.4, 0.5) is 4.39 Å². The summed E-state index contributed by atoms with van der Waals surface area (Å²) in [7, 11) is 0. The van der Waals surface area contributed by atoms with Gasteiger partial charge >= 0.3 is 5.97 Å². The number of hydrogen-bond donors (Lipinski definition) is 1. The molecule has 106 valence electrons.